The molecule has 4 nitrogen and oxygen atoms in total. The second-order valence-electron chi connectivity index (χ2n) is 4.43. The van der Waals surface area contributed by atoms with Crippen LogP contribution < -0.4 is 10.1 Å². The number of hydrogen-bond donors (Lipinski definition) is 1. The lowest BCUT2D eigenvalue weighted by molar-refractivity contribution is -0.145. The molecule has 4 heteroatoms. The predicted molar refractivity (Wildman–Crippen MR) is 75.4 cm³/mol. The molecule has 1 N–H and O–H groups in total. The van der Waals surface area contributed by atoms with Crippen molar-refractivity contribution in [1.82, 2.24) is 5.32 Å². The number of carbonyl (C=O) groups is 1. The highest BCUT2D eigenvalue weighted by Gasteiger charge is 2.09. The highest BCUT2D eigenvalue weighted by Crippen LogP contribution is 2.24. The molecule has 0 spiro atoms. The van der Waals surface area contributed by atoms with Gasteiger partial charge in [0.05, 0.1) is 6.61 Å². The highest BCUT2D eigenvalue weighted by molar-refractivity contribution is 5.71. The molecule has 0 aliphatic rings. The van der Waals surface area contributed by atoms with Crippen molar-refractivity contribution in [2.75, 3.05) is 19.8 Å². The summed E-state index contributed by atoms with van der Waals surface area (Å²) in [4.78, 5) is 11.3. The molecule has 0 saturated carbocycles. The maximum atomic E-state index is 11.3. The fraction of sp³-hybridized carbons (Fsp3) is 0.533. The Labute approximate surface area is 115 Å². The summed E-state index contributed by atoms with van der Waals surface area (Å²) in [5, 5.41) is 3.29. The Bertz CT molecular complexity index is 406. The molecule has 0 aromatic heterocycles. The Hall–Kier alpha value is -1.55. The van der Waals surface area contributed by atoms with Gasteiger partial charge in [0.2, 0.25) is 0 Å². The molecule has 0 fully saturated rings. The third kappa shape index (κ3) is 4.91. The van der Waals surface area contributed by atoms with E-state index in [2.05, 4.69) is 24.4 Å². The fourth-order valence-electron chi connectivity index (χ4n) is 1.97. The molecule has 106 valence electrons. The van der Waals surface area contributed by atoms with Crippen LogP contribution in [0.3, 0.4) is 0 Å². The molecule has 0 aliphatic heterocycles. The van der Waals surface area contributed by atoms with Crippen LogP contribution in [-0.4, -0.2) is 25.7 Å². The summed E-state index contributed by atoms with van der Waals surface area (Å²) < 4.78 is 10.4. The maximum absolute atomic E-state index is 11.3. The van der Waals surface area contributed by atoms with E-state index in [9.17, 15) is 4.79 Å². The quantitative estimate of drug-likeness (QED) is 0.769. The van der Waals surface area contributed by atoms with Gasteiger partial charge in [-0.2, -0.15) is 0 Å². The van der Waals surface area contributed by atoms with Gasteiger partial charge in [0.1, 0.15) is 5.75 Å². The smallest absolute Gasteiger partial charge is 0.344 e. The SMILES string of the molecule is CCNCc1cc(C)c(OCC(=O)OCC)c(C)c1. The molecule has 0 saturated heterocycles. The summed E-state index contributed by atoms with van der Waals surface area (Å²) in [5.74, 6) is 0.436. The fourth-order valence-corrected chi connectivity index (χ4v) is 1.97. The number of ether oxygens (including phenoxy) is 2. The predicted octanol–water partition coefficient (Wildman–Crippen LogP) is 2.35. The molecule has 0 atom stereocenters. The second-order valence-corrected chi connectivity index (χ2v) is 4.43. The van der Waals surface area contributed by atoms with Gasteiger partial charge >= 0.3 is 5.97 Å². The van der Waals surface area contributed by atoms with Gasteiger partial charge in [-0.25, -0.2) is 4.79 Å². The van der Waals surface area contributed by atoms with E-state index >= 15 is 0 Å². The molecule has 19 heavy (non-hydrogen) atoms. The third-order valence-corrected chi connectivity index (χ3v) is 2.74. The van der Waals surface area contributed by atoms with Crippen LogP contribution in [0.1, 0.15) is 30.5 Å². The largest absolute Gasteiger partial charge is 0.481 e. The Morgan fingerprint density at radius 3 is 2.37 bits per heavy atom. The summed E-state index contributed by atoms with van der Waals surface area (Å²) in [6.07, 6.45) is 0. The summed E-state index contributed by atoms with van der Waals surface area (Å²) >= 11 is 0. The van der Waals surface area contributed by atoms with E-state index in [1.165, 1.54) is 5.56 Å². The normalized spacial score (nSPS) is 10.3. The van der Waals surface area contributed by atoms with Gasteiger partial charge < -0.3 is 14.8 Å². The van der Waals surface area contributed by atoms with Crippen LogP contribution in [0.2, 0.25) is 0 Å². The van der Waals surface area contributed by atoms with Gasteiger partial charge in [0.25, 0.3) is 0 Å². The zero-order valence-electron chi connectivity index (χ0n) is 12.2. The number of rotatable bonds is 7. The first-order chi connectivity index (χ1) is 9.08. The van der Waals surface area contributed by atoms with Crippen LogP contribution in [0, 0.1) is 13.8 Å². The average Bonchev–Trinajstić information content (AvgIpc) is 2.35. The van der Waals surface area contributed by atoms with E-state index < -0.39 is 0 Å². The molecule has 1 aromatic rings. The van der Waals surface area contributed by atoms with Gasteiger partial charge in [-0.15, -0.1) is 0 Å². The number of carbonyl (C=O) groups excluding carboxylic acids is 1. The standard InChI is InChI=1S/C15H23NO3/c1-5-16-9-13-7-11(3)15(12(4)8-13)19-10-14(17)18-6-2/h7-8,16H,5-6,9-10H2,1-4H3. The number of nitrogens with one attached hydrogen (secondary N) is 1. The lowest BCUT2D eigenvalue weighted by Gasteiger charge is -2.14. The first kappa shape index (κ1) is 15.5. The third-order valence-electron chi connectivity index (χ3n) is 2.74. The van der Waals surface area contributed by atoms with Crippen LogP contribution in [0.15, 0.2) is 12.1 Å². The first-order valence-electron chi connectivity index (χ1n) is 6.67. The lowest BCUT2D eigenvalue weighted by atomic mass is 10.1. The first-order valence-corrected chi connectivity index (χ1v) is 6.67. The molecule has 0 radical (unpaired) electrons. The van der Waals surface area contributed by atoms with Crippen molar-refractivity contribution >= 4 is 5.97 Å². The van der Waals surface area contributed by atoms with Gasteiger partial charge in [-0.05, 0) is 44.0 Å². The van der Waals surface area contributed by atoms with Crippen molar-refractivity contribution in [3.05, 3.63) is 28.8 Å². The van der Waals surface area contributed by atoms with Gasteiger partial charge in [0, 0.05) is 6.54 Å². The van der Waals surface area contributed by atoms with E-state index in [4.69, 9.17) is 9.47 Å². The molecule has 0 unspecified atom stereocenters. The van der Waals surface area contributed by atoms with Crippen molar-refractivity contribution in [2.45, 2.75) is 34.2 Å². The molecule has 0 bridgehead atoms. The van der Waals surface area contributed by atoms with Crippen molar-refractivity contribution < 1.29 is 14.3 Å². The molecular formula is C15H23NO3. The molecule has 0 aliphatic carbocycles. The Morgan fingerprint density at radius 2 is 1.84 bits per heavy atom. The van der Waals surface area contributed by atoms with Crippen LogP contribution in [0.25, 0.3) is 0 Å². The van der Waals surface area contributed by atoms with Crippen LogP contribution in [-0.2, 0) is 16.1 Å². The highest BCUT2D eigenvalue weighted by atomic mass is 16.6. The van der Waals surface area contributed by atoms with Gasteiger partial charge in [0.15, 0.2) is 6.61 Å². The minimum atomic E-state index is -0.335. The van der Waals surface area contributed by atoms with E-state index in [0.717, 1.165) is 30.0 Å². The van der Waals surface area contributed by atoms with Crippen molar-refractivity contribution in [3.63, 3.8) is 0 Å². The van der Waals surface area contributed by atoms with Crippen molar-refractivity contribution in [1.29, 1.82) is 0 Å². The van der Waals surface area contributed by atoms with Gasteiger partial charge in [-0.1, -0.05) is 19.1 Å². The maximum Gasteiger partial charge on any atom is 0.344 e. The second kappa shape index (κ2) is 7.79. The summed E-state index contributed by atoms with van der Waals surface area (Å²) in [5.41, 5.74) is 3.30. The van der Waals surface area contributed by atoms with Crippen LogP contribution in [0.5, 0.6) is 5.75 Å². The number of benzene rings is 1. The zero-order chi connectivity index (χ0) is 14.3. The molecule has 1 aromatic carbocycles. The van der Waals surface area contributed by atoms with E-state index in [1.807, 2.05) is 13.8 Å². The molecule has 0 heterocycles. The number of hydrogen-bond acceptors (Lipinski definition) is 4. The average molecular weight is 265 g/mol. The minimum Gasteiger partial charge on any atom is -0.481 e. The number of esters is 1. The van der Waals surface area contributed by atoms with E-state index in [1.54, 1.807) is 6.92 Å². The number of aryl methyl sites for hydroxylation is 2. The summed E-state index contributed by atoms with van der Waals surface area (Å²) in [6, 6.07) is 4.16. The monoisotopic (exact) mass is 265 g/mol. The minimum absolute atomic E-state index is 0.0396. The Balaban J connectivity index is 2.71. The molecular weight excluding hydrogens is 242 g/mol. The molecule has 1 rings (SSSR count). The van der Waals surface area contributed by atoms with Crippen LogP contribution in [0.4, 0.5) is 0 Å². The van der Waals surface area contributed by atoms with Crippen LogP contribution >= 0.6 is 0 Å². The zero-order valence-corrected chi connectivity index (χ0v) is 12.2. The van der Waals surface area contributed by atoms with E-state index in [-0.39, 0.29) is 12.6 Å². The van der Waals surface area contributed by atoms with Crippen molar-refractivity contribution in [2.24, 2.45) is 0 Å². The summed E-state index contributed by atoms with van der Waals surface area (Å²) in [6.45, 7) is 9.96. The van der Waals surface area contributed by atoms with E-state index in [0.29, 0.717) is 6.61 Å². The lowest BCUT2D eigenvalue weighted by Crippen LogP contribution is -2.16. The van der Waals surface area contributed by atoms with Crippen molar-refractivity contribution in [3.8, 4) is 5.75 Å². The van der Waals surface area contributed by atoms with Gasteiger partial charge in [-0.3, -0.25) is 0 Å². The Kier molecular flexibility index (Phi) is 6.36. The molecule has 0 amide bonds. The Morgan fingerprint density at radius 1 is 1.21 bits per heavy atom. The summed E-state index contributed by atoms with van der Waals surface area (Å²) in [7, 11) is 0. The topological polar surface area (TPSA) is 47.6 Å².